The number of phenolic OH excluding ortho intramolecular Hbond substituents is 1. The fraction of sp³-hybridized carbons (Fsp3) is 0.333. The van der Waals surface area contributed by atoms with Gasteiger partial charge < -0.3 is 31.1 Å². The summed E-state index contributed by atoms with van der Waals surface area (Å²) in [6.45, 7) is 0. The van der Waals surface area contributed by atoms with E-state index in [1.807, 2.05) is 0 Å². The Morgan fingerprint density at radius 3 is 2.41 bits per heavy atom. The van der Waals surface area contributed by atoms with Gasteiger partial charge in [-0.05, 0) is 62.5 Å². The molecule has 5 rings (SSSR count). The lowest BCUT2D eigenvalue weighted by molar-refractivity contribution is -0.148. The number of ketones is 2. The number of aliphatic hydroxyl groups excluding tert-OH is 2. The molecule has 2 aromatic rings. The number of anilines is 1. The first kappa shape index (κ1) is 27.9. The number of aliphatic hydroxyl groups is 3. The summed E-state index contributed by atoms with van der Waals surface area (Å²) in [5.41, 5.74) is 3.29. The molecule has 212 valence electrons. The number of amides is 1. The first-order valence-electron chi connectivity index (χ1n) is 12.9. The lowest BCUT2D eigenvalue weighted by atomic mass is 9.58. The van der Waals surface area contributed by atoms with E-state index in [-0.39, 0.29) is 29.5 Å². The Kier molecular flexibility index (Phi) is 6.64. The fourth-order valence-electron chi connectivity index (χ4n) is 6.36. The molecule has 41 heavy (non-hydrogen) atoms. The van der Waals surface area contributed by atoms with E-state index >= 15 is 0 Å². The zero-order valence-corrected chi connectivity index (χ0v) is 23.0. The number of phenols is 1. The number of carbonyl (C=O) groups is 3. The van der Waals surface area contributed by atoms with E-state index in [1.165, 1.54) is 4.90 Å². The summed E-state index contributed by atoms with van der Waals surface area (Å²) in [5.74, 6) is -1.25. The first-order chi connectivity index (χ1) is 19.3. The number of hydrogen-bond donors (Lipinski definition) is 5. The second-order valence-electron chi connectivity index (χ2n) is 11.0. The molecule has 1 aromatic heterocycles. The molecule has 1 amide bonds. The highest BCUT2D eigenvalue weighted by atomic mass is 16.3. The molecule has 0 aliphatic heterocycles. The number of fused-ring (bicyclic) bond motifs is 3. The van der Waals surface area contributed by atoms with Crippen molar-refractivity contribution in [2.24, 2.45) is 17.6 Å². The van der Waals surface area contributed by atoms with E-state index in [1.54, 1.807) is 63.6 Å². The van der Waals surface area contributed by atoms with Crippen LogP contribution in [0.2, 0.25) is 0 Å². The predicted molar refractivity (Wildman–Crippen MR) is 148 cm³/mol. The van der Waals surface area contributed by atoms with Crippen molar-refractivity contribution in [1.82, 2.24) is 9.88 Å². The molecule has 1 heterocycles. The van der Waals surface area contributed by atoms with Gasteiger partial charge in [0.2, 0.25) is 5.78 Å². The maximum atomic E-state index is 14.1. The van der Waals surface area contributed by atoms with Crippen molar-refractivity contribution < 1.29 is 34.8 Å². The lowest BCUT2D eigenvalue weighted by Gasteiger charge is -2.50. The van der Waals surface area contributed by atoms with Gasteiger partial charge in [-0.15, -0.1) is 0 Å². The molecule has 6 N–H and O–H groups in total. The summed E-state index contributed by atoms with van der Waals surface area (Å²) in [7, 11) is 6.74. The van der Waals surface area contributed by atoms with Crippen molar-refractivity contribution >= 4 is 23.2 Å². The van der Waals surface area contributed by atoms with Crippen LogP contribution < -0.4 is 10.6 Å². The van der Waals surface area contributed by atoms with E-state index in [2.05, 4.69) is 16.8 Å². The number of nitrogens with zero attached hydrogens (tertiary/aromatic N) is 3. The molecule has 11 heteroatoms. The van der Waals surface area contributed by atoms with Crippen molar-refractivity contribution in [3.63, 3.8) is 0 Å². The maximum Gasteiger partial charge on any atom is 0.255 e. The Bertz CT molecular complexity index is 1630. The number of benzene rings is 1. The molecule has 11 nitrogen and oxygen atoms in total. The third-order valence-electron chi connectivity index (χ3n) is 8.17. The zero-order chi connectivity index (χ0) is 30.0. The van der Waals surface area contributed by atoms with Gasteiger partial charge >= 0.3 is 0 Å². The van der Waals surface area contributed by atoms with E-state index in [0.717, 1.165) is 0 Å². The number of primary amides is 1. The van der Waals surface area contributed by atoms with Crippen LogP contribution in [0.1, 0.15) is 33.6 Å². The number of allylic oxidation sites excluding steroid dienone is 1. The highest BCUT2D eigenvalue weighted by molar-refractivity contribution is 6.25. The molecule has 4 atom stereocenters. The monoisotopic (exact) mass is 558 g/mol. The van der Waals surface area contributed by atoms with Crippen LogP contribution in [0.25, 0.3) is 0 Å². The van der Waals surface area contributed by atoms with Gasteiger partial charge in [-0.25, -0.2) is 4.98 Å². The van der Waals surface area contributed by atoms with Crippen LogP contribution in [0.4, 0.5) is 5.69 Å². The number of hydrogen-bond acceptors (Lipinski definition) is 10. The van der Waals surface area contributed by atoms with Gasteiger partial charge in [0.25, 0.3) is 5.91 Å². The summed E-state index contributed by atoms with van der Waals surface area (Å²) in [6.07, 6.45) is 1.78. The average molecular weight is 559 g/mol. The number of carbonyl (C=O) groups excluding carboxylic acids is 3. The number of likely N-dealkylation sites (N-methyl/N-ethyl adjacent to an activating group) is 1. The molecule has 0 unspecified atom stereocenters. The van der Waals surface area contributed by atoms with Gasteiger partial charge in [-0.3, -0.25) is 19.3 Å². The Balaban J connectivity index is 1.72. The topological polar surface area (TPSA) is 178 Å². The Hall–Kier alpha value is -4.66. The van der Waals surface area contributed by atoms with Gasteiger partial charge in [-0.1, -0.05) is 12.0 Å². The van der Waals surface area contributed by atoms with E-state index < -0.39 is 63.8 Å². The minimum absolute atomic E-state index is 0.0145. The number of rotatable bonds is 3. The minimum atomic E-state index is -2.69. The van der Waals surface area contributed by atoms with Crippen LogP contribution in [-0.2, 0) is 16.0 Å². The second kappa shape index (κ2) is 9.76. The van der Waals surface area contributed by atoms with Crippen molar-refractivity contribution in [3.05, 3.63) is 75.5 Å². The second-order valence-corrected chi connectivity index (χ2v) is 11.0. The quantitative estimate of drug-likeness (QED) is 0.269. The average Bonchev–Trinajstić information content (AvgIpc) is 2.90. The van der Waals surface area contributed by atoms with E-state index in [4.69, 9.17) is 5.73 Å². The molecule has 0 radical (unpaired) electrons. The molecular formula is C30H30N4O7. The highest BCUT2D eigenvalue weighted by Gasteiger charge is 2.63. The maximum absolute atomic E-state index is 14.1. The number of pyridine rings is 1. The van der Waals surface area contributed by atoms with E-state index in [0.29, 0.717) is 16.9 Å². The van der Waals surface area contributed by atoms with Crippen molar-refractivity contribution in [2.75, 3.05) is 33.1 Å². The Morgan fingerprint density at radius 2 is 1.83 bits per heavy atom. The van der Waals surface area contributed by atoms with Gasteiger partial charge in [-0.2, -0.15) is 0 Å². The largest absolute Gasteiger partial charge is 0.510 e. The van der Waals surface area contributed by atoms with Crippen LogP contribution >= 0.6 is 0 Å². The summed E-state index contributed by atoms with van der Waals surface area (Å²) >= 11 is 0. The molecular weight excluding hydrogens is 528 g/mol. The van der Waals surface area contributed by atoms with E-state index in [9.17, 15) is 34.8 Å². The Labute approximate surface area is 236 Å². The lowest BCUT2D eigenvalue weighted by Crippen LogP contribution is -2.63. The predicted octanol–water partition coefficient (Wildman–Crippen LogP) is 0.981. The van der Waals surface area contributed by atoms with Gasteiger partial charge in [0.15, 0.2) is 11.4 Å². The molecule has 3 aliphatic carbocycles. The molecule has 1 aromatic carbocycles. The summed E-state index contributed by atoms with van der Waals surface area (Å²) in [5, 5.41) is 45.4. The van der Waals surface area contributed by atoms with Gasteiger partial charge in [0, 0.05) is 37.5 Å². The zero-order valence-electron chi connectivity index (χ0n) is 23.0. The van der Waals surface area contributed by atoms with Crippen molar-refractivity contribution in [1.29, 1.82) is 0 Å². The third-order valence-corrected chi connectivity index (χ3v) is 8.17. The molecule has 0 saturated heterocycles. The highest BCUT2D eigenvalue weighted by Crippen LogP contribution is 2.53. The molecule has 0 fully saturated rings. The van der Waals surface area contributed by atoms with Crippen LogP contribution in [0.3, 0.4) is 0 Å². The third kappa shape index (κ3) is 4.06. The minimum Gasteiger partial charge on any atom is -0.510 e. The molecule has 0 saturated carbocycles. The van der Waals surface area contributed by atoms with Crippen LogP contribution in [-0.4, -0.2) is 87.6 Å². The number of aromatic nitrogens is 1. The molecule has 0 bridgehead atoms. The standard InChI is InChI=1S/C30H30N4O7/c1-33(2)19-13-14(8-9-16-7-5-6-10-32-16)24(35)21-17(19)11-15-12-18-23(34(3)4)26(37)22(29(31)40)28(39)30(18,41)27(38)20(15)25(21)36/h5-7,10,13,15,18,23,35,37-38,41H,11-12H2,1-4H3,(H2,31,40)/t15-,18+,23-,30+/m1/s1. The SMILES string of the molecule is CN(C)c1cc(C#Cc2ccccn2)c(O)c2c1C[C@@H]1C[C@H]3[C@@H](N(C)C)C(O)=C(C(N)=O)C(=O)[C@@]3(O)C(O)=C1C2=O. The van der Waals surface area contributed by atoms with Crippen LogP contribution in [0.5, 0.6) is 5.75 Å². The summed E-state index contributed by atoms with van der Waals surface area (Å²) in [6, 6.07) is 5.82. The van der Waals surface area contributed by atoms with Gasteiger partial charge in [0.1, 0.15) is 28.5 Å². The number of nitrogens with two attached hydrogens (primary N) is 1. The molecule has 3 aliphatic rings. The smallest absolute Gasteiger partial charge is 0.255 e. The summed E-state index contributed by atoms with van der Waals surface area (Å²) in [4.78, 5) is 47.1. The number of aromatic hydroxyl groups is 1. The number of Topliss-reactive ketones (excluding diaryl/α,β-unsaturated/α-hetero) is 2. The van der Waals surface area contributed by atoms with Crippen molar-refractivity contribution in [3.8, 4) is 17.6 Å². The van der Waals surface area contributed by atoms with Gasteiger partial charge in [0.05, 0.1) is 17.2 Å². The molecule has 0 spiro atoms. The van der Waals surface area contributed by atoms with Crippen LogP contribution in [0, 0.1) is 23.7 Å². The Morgan fingerprint density at radius 1 is 1.12 bits per heavy atom. The van der Waals surface area contributed by atoms with Crippen molar-refractivity contribution in [2.45, 2.75) is 24.5 Å². The first-order valence-corrected chi connectivity index (χ1v) is 12.9. The fourth-order valence-corrected chi connectivity index (χ4v) is 6.36. The van der Waals surface area contributed by atoms with Crippen LogP contribution in [0.15, 0.2) is 53.1 Å². The summed E-state index contributed by atoms with van der Waals surface area (Å²) < 4.78 is 0. The normalized spacial score (nSPS) is 25.3.